The monoisotopic (exact) mass is 488 g/mol. The summed E-state index contributed by atoms with van der Waals surface area (Å²) in [6.07, 6.45) is 0. The van der Waals surface area contributed by atoms with Crippen LogP contribution < -0.4 is 16.0 Å². The third kappa shape index (κ3) is 5.25. The fraction of sp³-hybridized carbons (Fsp3) is 0.333. The highest BCUT2D eigenvalue weighted by atomic mass is 16.2. The lowest BCUT2D eigenvalue weighted by Crippen LogP contribution is -2.53. The summed E-state index contributed by atoms with van der Waals surface area (Å²) >= 11 is 0. The number of fused-ring (bicyclic) bond motifs is 1. The molecule has 0 bridgehead atoms. The number of hydrogen-bond donors (Lipinski definition) is 3. The molecule has 9 heteroatoms. The largest absolute Gasteiger partial charge is 0.357 e. The van der Waals surface area contributed by atoms with Gasteiger partial charge in [-0.1, -0.05) is 69.3 Å². The van der Waals surface area contributed by atoms with Gasteiger partial charge in [0.1, 0.15) is 11.9 Å². The van der Waals surface area contributed by atoms with Gasteiger partial charge in [-0.2, -0.15) is 0 Å². The number of carbonyl (C=O) groups is 3. The van der Waals surface area contributed by atoms with Crippen molar-refractivity contribution in [2.24, 2.45) is 5.41 Å². The smallest absolute Gasteiger partial charge is 0.322 e. The van der Waals surface area contributed by atoms with E-state index in [-0.39, 0.29) is 24.2 Å². The van der Waals surface area contributed by atoms with Crippen LogP contribution in [0.5, 0.6) is 0 Å². The van der Waals surface area contributed by atoms with E-state index < -0.39 is 17.4 Å². The normalized spacial score (nSPS) is 13.9. The van der Waals surface area contributed by atoms with Crippen LogP contribution in [-0.2, 0) is 17.9 Å². The van der Waals surface area contributed by atoms with E-state index in [4.69, 9.17) is 4.98 Å². The van der Waals surface area contributed by atoms with E-state index in [1.54, 1.807) is 11.9 Å². The Morgan fingerprint density at radius 1 is 0.944 bits per heavy atom. The van der Waals surface area contributed by atoms with E-state index in [0.29, 0.717) is 30.3 Å². The summed E-state index contributed by atoms with van der Waals surface area (Å²) < 4.78 is 1.99. The zero-order chi connectivity index (χ0) is 25.9. The van der Waals surface area contributed by atoms with Gasteiger partial charge in [0.25, 0.3) is 5.91 Å². The number of aromatic nitrogens is 2. The molecule has 0 radical (unpaired) electrons. The zero-order valence-electron chi connectivity index (χ0n) is 21.0. The standard InChI is InChI=1S/C27H32N6O3/c1-27(2,3)22(25(35)28-4)31-24(34)21-20-17-32(26(36)29-19-13-9-6-10-14-19)15-16-33(20)23(30-21)18-11-7-5-8-12-18/h5-14,22H,15-17H2,1-4H3,(H,28,35)(H,29,36)(H,31,34)/t22-/m1/s1. The number of anilines is 1. The molecule has 0 aliphatic carbocycles. The summed E-state index contributed by atoms with van der Waals surface area (Å²) in [7, 11) is 1.54. The Kier molecular flexibility index (Phi) is 7.10. The minimum atomic E-state index is -0.756. The van der Waals surface area contributed by atoms with Crippen molar-refractivity contribution in [2.75, 3.05) is 18.9 Å². The molecular weight excluding hydrogens is 456 g/mol. The number of carbonyl (C=O) groups excluding carboxylic acids is 3. The summed E-state index contributed by atoms with van der Waals surface area (Å²) in [5, 5.41) is 8.41. The minimum Gasteiger partial charge on any atom is -0.357 e. The highest BCUT2D eigenvalue weighted by molar-refractivity contribution is 5.98. The SMILES string of the molecule is CNC(=O)[C@@H](NC(=O)c1nc(-c2ccccc2)n2c1CN(C(=O)Nc1ccccc1)CC2)C(C)(C)C. The highest BCUT2D eigenvalue weighted by Crippen LogP contribution is 2.28. The number of amides is 4. The molecule has 0 spiro atoms. The Balaban J connectivity index is 1.67. The van der Waals surface area contributed by atoms with E-state index in [0.717, 1.165) is 5.56 Å². The Labute approximate surface area is 210 Å². The van der Waals surface area contributed by atoms with Crippen LogP contribution in [0, 0.1) is 5.41 Å². The molecule has 2 heterocycles. The van der Waals surface area contributed by atoms with Gasteiger partial charge in [-0.3, -0.25) is 9.59 Å². The van der Waals surface area contributed by atoms with Gasteiger partial charge in [0.15, 0.2) is 5.69 Å². The lowest BCUT2D eigenvalue weighted by Gasteiger charge is -2.31. The van der Waals surface area contributed by atoms with Crippen molar-refractivity contribution >= 4 is 23.5 Å². The minimum absolute atomic E-state index is 0.210. The quantitative estimate of drug-likeness (QED) is 0.511. The first-order valence-corrected chi connectivity index (χ1v) is 12.0. The molecule has 1 atom stereocenters. The topological polar surface area (TPSA) is 108 Å². The fourth-order valence-corrected chi connectivity index (χ4v) is 4.27. The van der Waals surface area contributed by atoms with Crippen molar-refractivity contribution < 1.29 is 14.4 Å². The molecule has 0 fully saturated rings. The average Bonchev–Trinajstić information content (AvgIpc) is 3.26. The van der Waals surface area contributed by atoms with Gasteiger partial charge in [-0.15, -0.1) is 0 Å². The van der Waals surface area contributed by atoms with Crippen LogP contribution in [0.1, 0.15) is 37.0 Å². The second kappa shape index (κ2) is 10.2. The van der Waals surface area contributed by atoms with Crippen LogP contribution in [0.15, 0.2) is 60.7 Å². The predicted octanol–water partition coefficient (Wildman–Crippen LogP) is 3.49. The molecular formula is C27H32N6O3. The fourth-order valence-electron chi connectivity index (χ4n) is 4.27. The van der Waals surface area contributed by atoms with Crippen molar-refractivity contribution in [2.45, 2.75) is 39.9 Å². The molecule has 3 N–H and O–H groups in total. The van der Waals surface area contributed by atoms with Crippen molar-refractivity contribution in [1.29, 1.82) is 0 Å². The molecule has 1 aromatic heterocycles. The average molecular weight is 489 g/mol. The van der Waals surface area contributed by atoms with Gasteiger partial charge < -0.3 is 25.4 Å². The van der Waals surface area contributed by atoms with Crippen LogP contribution >= 0.6 is 0 Å². The Hall–Kier alpha value is -4.14. The molecule has 9 nitrogen and oxygen atoms in total. The zero-order valence-corrected chi connectivity index (χ0v) is 21.0. The molecule has 3 aromatic rings. The molecule has 0 saturated heterocycles. The second-order valence-electron chi connectivity index (χ2n) is 9.85. The number of hydrogen-bond acceptors (Lipinski definition) is 4. The van der Waals surface area contributed by atoms with Gasteiger partial charge in [-0.05, 0) is 17.5 Å². The maximum Gasteiger partial charge on any atom is 0.322 e. The highest BCUT2D eigenvalue weighted by Gasteiger charge is 2.35. The summed E-state index contributed by atoms with van der Waals surface area (Å²) in [5.41, 5.74) is 1.90. The molecule has 2 aromatic carbocycles. The van der Waals surface area contributed by atoms with E-state index in [2.05, 4.69) is 16.0 Å². The summed E-state index contributed by atoms with van der Waals surface area (Å²) in [5.74, 6) is -0.0723. The van der Waals surface area contributed by atoms with E-state index in [9.17, 15) is 14.4 Å². The van der Waals surface area contributed by atoms with Gasteiger partial charge in [0.2, 0.25) is 5.91 Å². The Morgan fingerprint density at radius 3 is 2.19 bits per heavy atom. The van der Waals surface area contributed by atoms with Crippen molar-refractivity contribution in [3.63, 3.8) is 0 Å². The number of imidazole rings is 1. The second-order valence-corrected chi connectivity index (χ2v) is 9.85. The first kappa shape index (κ1) is 25.0. The molecule has 36 heavy (non-hydrogen) atoms. The molecule has 1 aliphatic heterocycles. The number of nitrogens with zero attached hydrogens (tertiary/aromatic N) is 3. The lowest BCUT2D eigenvalue weighted by molar-refractivity contribution is -0.124. The number of rotatable bonds is 5. The molecule has 0 unspecified atom stereocenters. The maximum atomic E-state index is 13.5. The first-order valence-electron chi connectivity index (χ1n) is 12.0. The number of urea groups is 1. The van der Waals surface area contributed by atoms with E-state index >= 15 is 0 Å². The van der Waals surface area contributed by atoms with Crippen molar-refractivity contribution in [1.82, 2.24) is 25.1 Å². The summed E-state index contributed by atoms with van der Waals surface area (Å²) in [4.78, 5) is 45.5. The molecule has 4 rings (SSSR count). The van der Waals surface area contributed by atoms with Gasteiger partial charge >= 0.3 is 6.03 Å². The van der Waals surface area contributed by atoms with Gasteiger partial charge in [0, 0.05) is 31.4 Å². The van der Waals surface area contributed by atoms with E-state index in [1.165, 1.54) is 0 Å². The van der Waals surface area contributed by atoms with E-state index in [1.807, 2.05) is 86.0 Å². The predicted molar refractivity (Wildman–Crippen MR) is 138 cm³/mol. The maximum absolute atomic E-state index is 13.5. The van der Waals surface area contributed by atoms with Crippen LogP contribution in [-0.4, -0.2) is 51.9 Å². The number of para-hydroxylation sites is 1. The molecule has 188 valence electrons. The van der Waals surface area contributed by atoms with Gasteiger partial charge in [-0.25, -0.2) is 9.78 Å². The van der Waals surface area contributed by atoms with Crippen LogP contribution in [0.4, 0.5) is 10.5 Å². The van der Waals surface area contributed by atoms with Crippen LogP contribution in [0.25, 0.3) is 11.4 Å². The molecule has 0 saturated carbocycles. The van der Waals surface area contributed by atoms with Crippen LogP contribution in [0.3, 0.4) is 0 Å². The number of benzene rings is 2. The number of nitrogens with one attached hydrogen (secondary N) is 3. The van der Waals surface area contributed by atoms with Crippen molar-refractivity contribution in [3.05, 3.63) is 72.1 Å². The summed E-state index contributed by atoms with van der Waals surface area (Å²) in [6, 6.07) is 17.9. The Bertz CT molecular complexity index is 1250. The Morgan fingerprint density at radius 2 is 1.58 bits per heavy atom. The third-order valence-electron chi connectivity index (χ3n) is 6.22. The molecule has 4 amide bonds. The number of likely N-dealkylation sites (N-methyl/N-ethyl adjacent to an activating group) is 1. The summed E-state index contributed by atoms with van der Waals surface area (Å²) in [6.45, 7) is 6.83. The van der Waals surface area contributed by atoms with Gasteiger partial charge in [0.05, 0.1) is 12.2 Å². The molecule has 1 aliphatic rings. The first-order chi connectivity index (χ1) is 17.2. The third-order valence-corrected chi connectivity index (χ3v) is 6.22. The van der Waals surface area contributed by atoms with Crippen molar-refractivity contribution in [3.8, 4) is 11.4 Å². The lowest BCUT2D eigenvalue weighted by atomic mass is 9.86. The van der Waals surface area contributed by atoms with Crippen LogP contribution in [0.2, 0.25) is 0 Å².